The summed E-state index contributed by atoms with van der Waals surface area (Å²) >= 11 is 3.26. The first kappa shape index (κ1) is 37.6. The molecule has 1 aromatic heterocycles. The molecular formula is C44H44F3IOS. The summed E-state index contributed by atoms with van der Waals surface area (Å²) in [4.78, 5) is 0.706. The highest BCUT2D eigenvalue weighted by atomic mass is 127. The van der Waals surface area contributed by atoms with Crippen molar-refractivity contribution >= 4 is 44.0 Å². The predicted molar refractivity (Wildman–Crippen MR) is 215 cm³/mol. The third-order valence-electron chi connectivity index (χ3n) is 8.76. The Morgan fingerprint density at radius 2 is 1.12 bits per heavy atom. The summed E-state index contributed by atoms with van der Waals surface area (Å²) in [6.45, 7) is 6.64. The highest BCUT2D eigenvalue weighted by Gasteiger charge is 2.15. The van der Waals surface area contributed by atoms with Crippen molar-refractivity contribution in [1.82, 2.24) is 0 Å². The van der Waals surface area contributed by atoms with Gasteiger partial charge in [-0.3, -0.25) is 0 Å². The van der Waals surface area contributed by atoms with E-state index in [1.54, 1.807) is 24.3 Å². The van der Waals surface area contributed by atoms with Gasteiger partial charge < -0.3 is 4.74 Å². The molecule has 0 N–H and O–H groups in total. The van der Waals surface area contributed by atoms with Gasteiger partial charge in [-0.05, 0) is 136 Å². The van der Waals surface area contributed by atoms with E-state index < -0.39 is 0 Å². The molecule has 50 heavy (non-hydrogen) atoms. The van der Waals surface area contributed by atoms with Gasteiger partial charge in [0.25, 0.3) is 0 Å². The van der Waals surface area contributed by atoms with Crippen molar-refractivity contribution < 1.29 is 17.9 Å². The van der Waals surface area contributed by atoms with Crippen LogP contribution in [0.1, 0.15) is 70.4 Å². The standard InChI is InChI=1S/C27H26F2OS.C17H18FI/c1-3-5-6-7-18-8-10-19(11-9-18)20-12-14-22(23(28)16-20)25-17-21-13-15-24(30-4-2)26(29)27(21)31-25;1-2-3-4-5-13-6-8-14(9-7-13)15-10-11-17(19)16(18)12-15/h8-17H,3-7H2,1-2H3;6-12H,2-5H2,1H3. The molecule has 1 nitrogen and oxygen atoms in total. The van der Waals surface area contributed by atoms with Crippen molar-refractivity contribution in [3.8, 4) is 38.4 Å². The lowest BCUT2D eigenvalue weighted by Gasteiger charge is -2.07. The molecule has 0 spiro atoms. The number of ether oxygens (including phenoxy) is 1. The number of aryl methyl sites for hydroxylation is 2. The van der Waals surface area contributed by atoms with E-state index in [9.17, 15) is 8.78 Å². The smallest absolute Gasteiger partial charge is 0.182 e. The average Bonchev–Trinajstić information content (AvgIpc) is 3.57. The highest BCUT2D eigenvalue weighted by molar-refractivity contribution is 14.1. The van der Waals surface area contributed by atoms with Crippen molar-refractivity contribution in [3.05, 3.63) is 135 Å². The Labute approximate surface area is 312 Å². The topological polar surface area (TPSA) is 9.23 Å². The van der Waals surface area contributed by atoms with Crippen molar-refractivity contribution in [3.63, 3.8) is 0 Å². The normalized spacial score (nSPS) is 11.0. The fraction of sp³-hybridized carbons (Fsp3) is 0.273. The maximum atomic E-state index is 15.0. The number of thiophene rings is 1. The first-order valence-corrected chi connectivity index (χ1v) is 19.5. The summed E-state index contributed by atoms with van der Waals surface area (Å²) in [6.07, 6.45) is 9.63. The van der Waals surface area contributed by atoms with Gasteiger partial charge in [-0.2, -0.15) is 0 Å². The Morgan fingerprint density at radius 1 is 0.580 bits per heavy atom. The SMILES string of the molecule is CCCCCc1ccc(-c2ccc(-c3cc4ccc(OCC)c(F)c4s3)c(F)c2)cc1.CCCCCc1ccc(-c2ccc(I)c(F)c2)cc1. The van der Waals surface area contributed by atoms with Crippen LogP contribution in [0.4, 0.5) is 13.2 Å². The zero-order valence-corrected chi connectivity index (χ0v) is 32.0. The van der Waals surface area contributed by atoms with Crippen LogP contribution in [0.5, 0.6) is 5.75 Å². The molecule has 0 radical (unpaired) electrons. The van der Waals surface area contributed by atoms with E-state index in [2.05, 4.69) is 62.4 Å². The minimum absolute atomic E-state index is 0.148. The second-order valence-electron chi connectivity index (χ2n) is 12.5. The lowest BCUT2D eigenvalue weighted by molar-refractivity contribution is 0.323. The fourth-order valence-corrected chi connectivity index (χ4v) is 7.36. The molecule has 0 saturated carbocycles. The molecule has 0 amide bonds. The van der Waals surface area contributed by atoms with E-state index in [0.717, 1.165) is 40.5 Å². The molecule has 5 aromatic carbocycles. The molecule has 6 rings (SSSR count). The third-order valence-corrected chi connectivity index (χ3v) is 10.8. The van der Waals surface area contributed by atoms with E-state index in [-0.39, 0.29) is 23.2 Å². The number of halogens is 4. The van der Waals surface area contributed by atoms with Gasteiger partial charge >= 0.3 is 0 Å². The minimum atomic E-state index is -0.383. The molecule has 0 aliphatic rings. The van der Waals surface area contributed by atoms with Gasteiger partial charge in [0.2, 0.25) is 0 Å². The van der Waals surface area contributed by atoms with Crippen LogP contribution in [-0.2, 0) is 12.8 Å². The molecule has 0 bridgehead atoms. The molecule has 0 saturated heterocycles. The average molecular weight is 805 g/mol. The van der Waals surface area contributed by atoms with Gasteiger partial charge in [0.15, 0.2) is 11.6 Å². The first-order valence-electron chi connectivity index (χ1n) is 17.6. The van der Waals surface area contributed by atoms with Gasteiger partial charge in [-0.15, -0.1) is 11.3 Å². The minimum Gasteiger partial charge on any atom is -0.491 e. The maximum absolute atomic E-state index is 15.0. The van der Waals surface area contributed by atoms with Crippen LogP contribution >= 0.6 is 33.9 Å². The molecule has 260 valence electrons. The number of rotatable bonds is 13. The first-order chi connectivity index (χ1) is 24.3. The summed E-state index contributed by atoms with van der Waals surface area (Å²) in [5.41, 5.74) is 7.02. The van der Waals surface area contributed by atoms with Crippen LogP contribution in [0.25, 0.3) is 42.8 Å². The Hall–Kier alpha value is -3.62. The van der Waals surface area contributed by atoms with Crippen LogP contribution in [0, 0.1) is 21.0 Å². The van der Waals surface area contributed by atoms with Crippen LogP contribution in [0.15, 0.2) is 103 Å². The van der Waals surface area contributed by atoms with Crippen LogP contribution in [0.2, 0.25) is 0 Å². The largest absolute Gasteiger partial charge is 0.491 e. The quantitative estimate of drug-likeness (QED) is 0.0835. The number of fused-ring (bicyclic) bond motifs is 1. The zero-order chi connectivity index (χ0) is 35.5. The summed E-state index contributed by atoms with van der Waals surface area (Å²) in [6, 6.07) is 32.8. The number of benzene rings is 5. The Morgan fingerprint density at radius 3 is 1.64 bits per heavy atom. The van der Waals surface area contributed by atoms with Crippen molar-refractivity contribution in [2.75, 3.05) is 6.61 Å². The number of hydrogen-bond donors (Lipinski definition) is 0. The van der Waals surface area contributed by atoms with Gasteiger partial charge in [-0.25, -0.2) is 13.2 Å². The van der Waals surface area contributed by atoms with Gasteiger partial charge in [0.05, 0.1) is 11.3 Å². The Balaban J connectivity index is 0.000000219. The molecule has 1 heterocycles. The zero-order valence-electron chi connectivity index (χ0n) is 29.0. The summed E-state index contributed by atoms with van der Waals surface area (Å²) in [7, 11) is 0. The molecule has 0 unspecified atom stereocenters. The molecule has 0 fully saturated rings. The van der Waals surface area contributed by atoms with Crippen LogP contribution in [0.3, 0.4) is 0 Å². The van der Waals surface area contributed by atoms with Crippen LogP contribution < -0.4 is 4.74 Å². The lowest BCUT2D eigenvalue weighted by atomic mass is 10.00. The van der Waals surface area contributed by atoms with Gasteiger partial charge in [0.1, 0.15) is 11.6 Å². The van der Waals surface area contributed by atoms with Crippen molar-refractivity contribution in [1.29, 1.82) is 0 Å². The summed E-state index contributed by atoms with van der Waals surface area (Å²) < 4.78 is 49.8. The van der Waals surface area contributed by atoms with E-state index in [0.29, 0.717) is 25.3 Å². The van der Waals surface area contributed by atoms with Gasteiger partial charge in [0, 0.05) is 14.0 Å². The van der Waals surface area contributed by atoms with Crippen LogP contribution in [-0.4, -0.2) is 6.61 Å². The summed E-state index contributed by atoms with van der Waals surface area (Å²) in [5.74, 6) is -0.601. The molecule has 0 atom stereocenters. The van der Waals surface area contributed by atoms with Crippen molar-refractivity contribution in [2.45, 2.75) is 72.1 Å². The fourth-order valence-electron chi connectivity index (χ4n) is 5.91. The van der Waals surface area contributed by atoms with E-state index in [1.165, 1.54) is 61.0 Å². The second kappa shape index (κ2) is 18.6. The maximum Gasteiger partial charge on any atom is 0.182 e. The van der Waals surface area contributed by atoms with E-state index in [1.807, 2.05) is 59.8 Å². The summed E-state index contributed by atoms with van der Waals surface area (Å²) in [5, 5.41) is 0.753. The van der Waals surface area contributed by atoms with Gasteiger partial charge in [-0.1, -0.05) is 100 Å². The second-order valence-corrected chi connectivity index (χ2v) is 14.7. The lowest BCUT2D eigenvalue weighted by Crippen LogP contribution is -1.93. The Kier molecular flexibility index (Phi) is 14.0. The Bertz CT molecular complexity index is 1980. The molecule has 6 aromatic rings. The van der Waals surface area contributed by atoms with Crippen molar-refractivity contribution in [2.24, 2.45) is 0 Å². The molecular weight excluding hydrogens is 760 g/mol. The number of hydrogen-bond acceptors (Lipinski definition) is 2. The number of unbranched alkanes of at least 4 members (excludes halogenated alkanes) is 4. The molecule has 0 aliphatic carbocycles. The third kappa shape index (κ3) is 9.79. The molecule has 6 heteroatoms. The predicted octanol–water partition coefficient (Wildman–Crippen LogP) is 14.5. The molecule has 0 aliphatic heterocycles. The van der Waals surface area contributed by atoms with E-state index >= 15 is 4.39 Å². The highest BCUT2D eigenvalue weighted by Crippen LogP contribution is 2.39. The monoisotopic (exact) mass is 804 g/mol. The van der Waals surface area contributed by atoms with E-state index in [4.69, 9.17) is 4.74 Å².